The number of amides is 2. The van der Waals surface area contributed by atoms with Gasteiger partial charge < -0.3 is 20.1 Å². The molecule has 0 unspecified atom stereocenters. The van der Waals surface area contributed by atoms with Crippen LogP contribution in [0.5, 0.6) is 11.5 Å². The van der Waals surface area contributed by atoms with Crippen molar-refractivity contribution in [2.45, 2.75) is 18.9 Å². The molecule has 1 aromatic rings. The molecule has 9 heteroatoms. The lowest BCUT2D eigenvalue weighted by molar-refractivity contribution is 0.171. The van der Waals surface area contributed by atoms with Crippen LogP contribution in [-0.2, 0) is 10.0 Å². The third-order valence-corrected chi connectivity index (χ3v) is 5.36. The van der Waals surface area contributed by atoms with Gasteiger partial charge in [-0.2, -0.15) is 0 Å². The Morgan fingerprint density at radius 3 is 2.50 bits per heavy atom. The van der Waals surface area contributed by atoms with Gasteiger partial charge in [0.15, 0.2) is 11.5 Å². The summed E-state index contributed by atoms with van der Waals surface area (Å²) in [4.78, 5) is 12.1. The summed E-state index contributed by atoms with van der Waals surface area (Å²) in [6.45, 7) is 1.86. The molecule has 2 heterocycles. The maximum absolute atomic E-state index is 12.1. The van der Waals surface area contributed by atoms with Crippen LogP contribution in [0.25, 0.3) is 0 Å². The summed E-state index contributed by atoms with van der Waals surface area (Å²) in [5, 5.41) is 5.64. The van der Waals surface area contributed by atoms with Gasteiger partial charge in [0.2, 0.25) is 10.0 Å². The van der Waals surface area contributed by atoms with E-state index in [2.05, 4.69) is 10.6 Å². The number of urea groups is 1. The van der Waals surface area contributed by atoms with Crippen molar-refractivity contribution in [1.29, 1.82) is 0 Å². The lowest BCUT2D eigenvalue weighted by atomic mass is 10.1. The molecule has 2 aliphatic heterocycles. The fraction of sp³-hybridized carbons (Fsp3) is 0.533. The quantitative estimate of drug-likeness (QED) is 0.843. The number of anilines is 1. The molecule has 1 fully saturated rings. The van der Waals surface area contributed by atoms with Gasteiger partial charge in [-0.15, -0.1) is 0 Å². The van der Waals surface area contributed by atoms with E-state index < -0.39 is 10.0 Å². The molecule has 24 heavy (non-hydrogen) atoms. The standard InChI is InChI=1S/C15H21N3O5S/c1-24(20,21)18-6-4-11(5-7-18)16-15(19)17-12-2-3-13-14(10-12)23-9-8-22-13/h2-3,10-11H,4-9H2,1H3,(H2,16,17,19). The molecule has 8 nitrogen and oxygen atoms in total. The molecule has 0 aliphatic carbocycles. The van der Waals surface area contributed by atoms with Crippen molar-refractivity contribution in [3.63, 3.8) is 0 Å². The molecule has 3 rings (SSSR count). The third-order valence-electron chi connectivity index (χ3n) is 4.06. The van der Waals surface area contributed by atoms with Crippen LogP contribution in [0, 0.1) is 0 Å². The second-order valence-corrected chi connectivity index (χ2v) is 7.88. The number of rotatable bonds is 3. The number of benzene rings is 1. The Balaban J connectivity index is 1.51. The van der Waals surface area contributed by atoms with Gasteiger partial charge in [-0.3, -0.25) is 0 Å². The Kier molecular flexibility index (Phi) is 4.81. The zero-order chi connectivity index (χ0) is 17.2. The Morgan fingerprint density at radius 2 is 1.83 bits per heavy atom. The molecular formula is C15H21N3O5S. The van der Waals surface area contributed by atoms with Gasteiger partial charge in [0, 0.05) is 30.9 Å². The first-order chi connectivity index (χ1) is 11.4. The Morgan fingerprint density at radius 1 is 1.17 bits per heavy atom. The van der Waals surface area contributed by atoms with Crippen LogP contribution in [-0.4, -0.2) is 57.4 Å². The van der Waals surface area contributed by atoms with Gasteiger partial charge >= 0.3 is 6.03 Å². The summed E-state index contributed by atoms with van der Waals surface area (Å²) in [6.07, 6.45) is 2.40. The summed E-state index contributed by atoms with van der Waals surface area (Å²) in [6, 6.07) is 4.87. The maximum Gasteiger partial charge on any atom is 0.319 e. The van der Waals surface area contributed by atoms with E-state index in [-0.39, 0.29) is 12.1 Å². The Labute approximate surface area is 141 Å². The van der Waals surface area contributed by atoms with Crippen molar-refractivity contribution < 1.29 is 22.7 Å². The average molecular weight is 355 g/mol. The monoisotopic (exact) mass is 355 g/mol. The minimum atomic E-state index is -3.16. The van der Waals surface area contributed by atoms with Crippen LogP contribution >= 0.6 is 0 Å². The number of ether oxygens (including phenoxy) is 2. The summed E-state index contributed by atoms with van der Waals surface area (Å²) >= 11 is 0. The highest BCUT2D eigenvalue weighted by molar-refractivity contribution is 7.88. The summed E-state index contributed by atoms with van der Waals surface area (Å²) < 4.78 is 35.3. The molecule has 132 valence electrons. The summed E-state index contributed by atoms with van der Waals surface area (Å²) in [5.74, 6) is 1.28. The first-order valence-electron chi connectivity index (χ1n) is 7.84. The van der Waals surface area contributed by atoms with E-state index in [9.17, 15) is 13.2 Å². The normalized spacial score (nSPS) is 18.9. The zero-order valence-corrected chi connectivity index (χ0v) is 14.3. The molecule has 2 N–H and O–H groups in total. The van der Waals surface area contributed by atoms with Gasteiger partial charge in [0.1, 0.15) is 13.2 Å². The molecule has 2 aliphatic rings. The van der Waals surface area contributed by atoms with Gasteiger partial charge in [-0.1, -0.05) is 0 Å². The molecule has 1 saturated heterocycles. The van der Waals surface area contributed by atoms with Crippen molar-refractivity contribution in [2.75, 3.05) is 37.9 Å². The molecule has 1 aromatic carbocycles. The largest absolute Gasteiger partial charge is 0.486 e. The van der Waals surface area contributed by atoms with E-state index >= 15 is 0 Å². The topological polar surface area (TPSA) is 97.0 Å². The minimum absolute atomic E-state index is 0.0415. The van der Waals surface area contributed by atoms with Crippen molar-refractivity contribution >= 4 is 21.7 Å². The molecular weight excluding hydrogens is 334 g/mol. The number of piperidine rings is 1. The van der Waals surface area contributed by atoms with Gasteiger partial charge in [-0.25, -0.2) is 17.5 Å². The van der Waals surface area contributed by atoms with Crippen molar-refractivity contribution in [1.82, 2.24) is 9.62 Å². The number of hydrogen-bond donors (Lipinski definition) is 2. The SMILES string of the molecule is CS(=O)(=O)N1CCC(NC(=O)Nc2ccc3c(c2)OCCO3)CC1. The predicted molar refractivity (Wildman–Crippen MR) is 89.0 cm³/mol. The first kappa shape index (κ1) is 16.8. The van der Waals surface area contributed by atoms with Crippen LogP contribution in [0.2, 0.25) is 0 Å². The molecule has 0 saturated carbocycles. The van der Waals surface area contributed by atoms with E-state index in [1.54, 1.807) is 18.2 Å². The molecule has 0 spiro atoms. The Bertz CT molecular complexity index is 714. The number of carbonyl (C=O) groups is 1. The zero-order valence-electron chi connectivity index (χ0n) is 13.4. The van der Waals surface area contributed by atoms with Crippen LogP contribution in [0.4, 0.5) is 10.5 Å². The fourth-order valence-electron chi connectivity index (χ4n) is 2.81. The van der Waals surface area contributed by atoms with Gasteiger partial charge in [0.25, 0.3) is 0 Å². The highest BCUT2D eigenvalue weighted by Gasteiger charge is 2.25. The van der Waals surface area contributed by atoms with E-state index in [1.165, 1.54) is 10.6 Å². The van der Waals surface area contributed by atoms with Crippen LogP contribution < -0.4 is 20.1 Å². The van der Waals surface area contributed by atoms with E-state index in [1.807, 2.05) is 0 Å². The second-order valence-electron chi connectivity index (χ2n) is 5.89. The fourth-order valence-corrected chi connectivity index (χ4v) is 3.68. The second kappa shape index (κ2) is 6.86. The number of nitrogens with one attached hydrogen (secondary N) is 2. The number of carbonyl (C=O) groups excluding carboxylic acids is 1. The smallest absolute Gasteiger partial charge is 0.319 e. The third kappa shape index (κ3) is 4.09. The van der Waals surface area contributed by atoms with E-state index in [0.29, 0.717) is 56.3 Å². The van der Waals surface area contributed by atoms with Crippen LogP contribution in [0.3, 0.4) is 0 Å². The first-order valence-corrected chi connectivity index (χ1v) is 9.69. The van der Waals surface area contributed by atoms with Crippen molar-refractivity contribution in [3.8, 4) is 11.5 Å². The van der Waals surface area contributed by atoms with Crippen LogP contribution in [0.15, 0.2) is 18.2 Å². The van der Waals surface area contributed by atoms with Crippen molar-refractivity contribution in [3.05, 3.63) is 18.2 Å². The average Bonchev–Trinajstić information content (AvgIpc) is 2.54. The molecule has 0 radical (unpaired) electrons. The summed E-state index contributed by atoms with van der Waals surface area (Å²) in [7, 11) is -3.16. The van der Waals surface area contributed by atoms with Gasteiger partial charge in [0.05, 0.1) is 6.26 Å². The molecule has 0 atom stereocenters. The highest BCUT2D eigenvalue weighted by atomic mass is 32.2. The minimum Gasteiger partial charge on any atom is -0.486 e. The highest BCUT2D eigenvalue weighted by Crippen LogP contribution is 2.32. The number of fused-ring (bicyclic) bond motifs is 1. The molecule has 0 bridgehead atoms. The number of hydrogen-bond acceptors (Lipinski definition) is 5. The van der Waals surface area contributed by atoms with E-state index in [0.717, 1.165) is 0 Å². The molecule has 2 amide bonds. The van der Waals surface area contributed by atoms with Crippen LogP contribution in [0.1, 0.15) is 12.8 Å². The number of sulfonamides is 1. The lowest BCUT2D eigenvalue weighted by Gasteiger charge is -2.30. The predicted octanol–water partition coefficient (Wildman–Crippen LogP) is 1.00. The Hall–Kier alpha value is -2.00. The van der Waals surface area contributed by atoms with Gasteiger partial charge in [-0.05, 0) is 25.0 Å². The van der Waals surface area contributed by atoms with E-state index in [4.69, 9.17) is 9.47 Å². The molecule has 0 aromatic heterocycles. The lowest BCUT2D eigenvalue weighted by Crippen LogP contribution is -2.47. The number of nitrogens with zero attached hydrogens (tertiary/aromatic N) is 1. The summed E-state index contributed by atoms with van der Waals surface area (Å²) in [5.41, 5.74) is 0.616. The maximum atomic E-state index is 12.1. The van der Waals surface area contributed by atoms with Crippen molar-refractivity contribution in [2.24, 2.45) is 0 Å².